The van der Waals surface area contributed by atoms with E-state index in [1.807, 2.05) is 43.3 Å². The number of hydrogen-bond acceptors (Lipinski definition) is 5. The predicted molar refractivity (Wildman–Crippen MR) is 149 cm³/mol. The Hall–Kier alpha value is -3.95. The van der Waals surface area contributed by atoms with Gasteiger partial charge in [0.25, 0.3) is 0 Å². The zero-order valence-corrected chi connectivity index (χ0v) is 22.8. The molecule has 2 aliphatic rings. The number of rotatable bonds is 8. The lowest BCUT2D eigenvalue weighted by Crippen LogP contribution is -2.32. The summed E-state index contributed by atoms with van der Waals surface area (Å²) < 4.78 is 42.3. The number of benzene rings is 3. The summed E-state index contributed by atoms with van der Waals surface area (Å²) in [5, 5.41) is 0. The molecule has 1 amide bonds. The molecule has 4 aromatic rings. The van der Waals surface area contributed by atoms with Gasteiger partial charge in [0.1, 0.15) is 11.6 Å². The minimum Gasteiger partial charge on any atom is -0.308 e. The minimum absolute atomic E-state index is 0.00960. The summed E-state index contributed by atoms with van der Waals surface area (Å²) >= 11 is 0. The van der Waals surface area contributed by atoms with Gasteiger partial charge < -0.3 is 4.90 Å². The number of carbonyl (C=O) groups is 1. The van der Waals surface area contributed by atoms with E-state index in [2.05, 4.69) is 26.8 Å². The van der Waals surface area contributed by atoms with E-state index in [1.165, 1.54) is 12.1 Å². The number of halogens is 1. The number of amides is 1. The Labute approximate surface area is 233 Å². The lowest BCUT2D eigenvalue weighted by molar-refractivity contribution is -0.120. The van der Waals surface area contributed by atoms with E-state index in [9.17, 15) is 17.6 Å². The van der Waals surface area contributed by atoms with E-state index < -0.39 is 21.9 Å². The van der Waals surface area contributed by atoms with Crippen LogP contribution in [0.1, 0.15) is 52.9 Å². The summed E-state index contributed by atoms with van der Waals surface area (Å²) in [6.07, 6.45) is 5.56. The molecule has 0 aliphatic heterocycles. The molecular weight excluding hydrogens is 527 g/mol. The lowest BCUT2D eigenvalue weighted by atomic mass is 10.1. The summed E-state index contributed by atoms with van der Waals surface area (Å²) in [4.78, 5) is 24.3. The molecule has 9 heteroatoms. The maximum absolute atomic E-state index is 13.9. The van der Waals surface area contributed by atoms with E-state index in [0.29, 0.717) is 30.9 Å². The van der Waals surface area contributed by atoms with Gasteiger partial charge in [0.2, 0.25) is 15.9 Å². The molecule has 6 rings (SSSR count). The average Bonchev–Trinajstić information content (AvgIpc) is 3.68. The fourth-order valence-electron chi connectivity index (χ4n) is 5.47. The zero-order chi connectivity index (χ0) is 27.9. The van der Waals surface area contributed by atoms with Crippen LogP contribution in [0.15, 0.2) is 90.1 Å². The van der Waals surface area contributed by atoms with Crippen molar-refractivity contribution in [2.75, 3.05) is 4.90 Å². The number of nitrogens with zero attached hydrogens (tertiary/aromatic N) is 3. The Morgan fingerprint density at radius 3 is 2.48 bits per heavy atom. The first-order valence-electron chi connectivity index (χ1n) is 13.3. The number of aryl methyl sites for hydroxylation is 2. The van der Waals surface area contributed by atoms with Gasteiger partial charge >= 0.3 is 0 Å². The van der Waals surface area contributed by atoms with Gasteiger partial charge in [0, 0.05) is 35.6 Å². The summed E-state index contributed by atoms with van der Waals surface area (Å²) in [7, 11) is -3.86. The van der Waals surface area contributed by atoms with Gasteiger partial charge in [-0.3, -0.25) is 4.79 Å². The average molecular weight is 557 g/mol. The lowest BCUT2D eigenvalue weighted by Gasteiger charge is -2.25. The van der Waals surface area contributed by atoms with Crippen LogP contribution in [0.4, 0.5) is 10.1 Å². The largest absolute Gasteiger partial charge is 0.308 e. The van der Waals surface area contributed by atoms with Crippen molar-refractivity contribution in [2.45, 2.75) is 49.6 Å². The van der Waals surface area contributed by atoms with Crippen LogP contribution in [-0.2, 0) is 27.8 Å². The standard InChI is InChI=1S/C31H29FN4O3S/c1-20-33-17-21(18-34-20)19-36(31(37)29-16-27(29)22-5-3-2-4-6-22)25-11-7-23-8-14-30(28(23)15-25)35-40(38,39)26-12-9-24(32)10-13-26/h2-7,9-13,15,17-18,27,29-30,35H,8,14,16,19H2,1H3. The van der Waals surface area contributed by atoms with Crippen LogP contribution in [0.5, 0.6) is 0 Å². The van der Waals surface area contributed by atoms with Crippen molar-refractivity contribution in [1.29, 1.82) is 0 Å². The van der Waals surface area contributed by atoms with Crippen molar-refractivity contribution in [3.05, 3.63) is 119 Å². The van der Waals surface area contributed by atoms with E-state index in [0.717, 1.165) is 40.8 Å². The Kier molecular flexibility index (Phi) is 6.93. The molecule has 1 heterocycles. The fraction of sp³-hybridized carbons (Fsp3) is 0.258. The number of fused-ring (bicyclic) bond motifs is 1. The Balaban J connectivity index is 1.29. The summed E-state index contributed by atoms with van der Waals surface area (Å²) in [6.45, 7) is 2.12. The molecule has 204 valence electrons. The molecule has 3 aromatic carbocycles. The molecule has 1 N–H and O–H groups in total. The van der Waals surface area contributed by atoms with Crippen LogP contribution in [0, 0.1) is 18.7 Å². The SMILES string of the molecule is Cc1ncc(CN(C(=O)C2CC2c2ccccc2)c2ccc3c(c2)C(NS(=O)(=O)c2ccc(F)cc2)CC3)cn1. The van der Waals surface area contributed by atoms with Gasteiger partial charge in [0.05, 0.1) is 11.4 Å². The van der Waals surface area contributed by atoms with Crippen molar-refractivity contribution in [2.24, 2.45) is 5.92 Å². The number of carbonyl (C=O) groups excluding carboxylic acids is 1. The molecule has 3 unspecified atom stereocenters. The van der Waals surface area contributed by atoms with Gasteiger partial charge in [-0.15, -0.1) is 0 Å². The zero-order valence-electron chi connectivity index (χ0n) is 22.0. The van der Waals surface area contributed by atoms with Crippen LogP contribution in [-0.4, -0.2) is 24.3 Å². The fourth-order valence-corrected chi connectivity index (χ4v) is 6.72. The van der Waals surface area contributed by atoms with Crippen molar-refractivity contribution in [3.63, 3.8) is 0 Å². The van der Waals surface area contributed by atoms with Gasteiger partial charge in [-0.05, 0) is 85.2 Å². The van der Waals surface area contributed by atoms with Crippen LogP contribution in [0.25, 0.3) is 0 Å². The summed E-state index contributed by atoms with van der Waals surface area (Å²) in [5.74, 6) is 0.228. The molecule has 1 fully saturated rings. The maximum Gasteiger partial charge on any atom is 0.241 e. The third-order valence-corrected chi connectivity index (χ3v) is 9.20. The minimum atomic E-state index is -3.86. The number of hydrogen-bond donors (Lipinski definition) is 1. The molecule has 1 aromatic heterocycles. The second-order valence-corrected chi connectivity index (χ2v) is 12.2. The number of nitrogens with one attached hydrogen (secondary N) is 1. The van der Waals surface area contributed by atoms with Crippen LogP contribution in [0.3, 0.4) is 0 Å². The number of sulfonamides is 1. The quantitative estimate of drug-likeness (QED) is 0.321. The highest BCUT2D eigenvalue weighted by atomic mass is 32.2. The molecule has 0 bridgehead atoms. The van der Waals surface area contributed by atoms with Crippen LogP contribution in [0.2, 0.25) is 0 Å². The molecule has 40 heavy (non-hydrogen) atoms. The number of aromatic nitrogens is 2. The molecule has 1 saturated carbocycles. The van der Waals surface area contributed by atoms with Gasteiger partial charge in [0.15, 0.2) is 0 Å². The molecule has 0 radical (unpaired) electrons. The van der Waals surface area contributed by atoms with E-state index >= 15 is 0 Å². The highest BCUT2D eigenvalue weighted by Gasteiger charge is 2.46. The summed E-state index contributed by atoms with van der Waals surface area (Å²) in [5.41, 5.74) is 4.55. The highest BCUT2D eigenvalue weighted by molar-refractivity contribution is 7.89. The second-order valence-electron chi connectivity index (χ2n) is 10.5. The first-order chi connectivity index (χ1) is 19.3. The normalized spacial score (nSPS) is 19.7. The maximum atomic E-state index is 13.9. The molecule has 0 saturated heterocycles. The van der Waals surface area contributed by atoms with Crippen molar-refractivity contribution in [3.8, 4) is 0 Å². The first kappa shape index (κ1) is 26.3. The molecular formula is C31H29FN4O3S. The second kappa shape index (κ2) is 10.6. The third-order valence-electron chi connectivity index (χ3n) is 7.72. The van der Waals surface area contributed by atoms with E-state index in [-0.39, 0.29) is 22.6 Å². The predicted octanol–water partition coefficient (Wildman–Crippen LogP) is 5.23. The topological polar surface area (TPSA) is 92.3 Å². The molecule has 2 aliphatic carbocycles. The Bertz CT molecular complexity index is 1640. The van der Waals surface area contributed by atoms with Crippen molar-refractivity contribution >= 4 is 21.6 Å². The molecule has 3 atom stereocenters. The Morgan fingerprint density at radius 1 is 1.02 bits per heavy atom. The van der Waals surface area contributed by atoms with E-state index in [1.54, 1.807) is 17.3 Å². The van der Waals surface area contributed by atoms with Gasteiger partial charge in [-0.25, -0.2) is 27.5 Å². The smallest absolute Gasteiger partial charge is 0.241 e. The third kappa shape index (κ3) is 5.39. The van der Waals surface area contributed by atoms with Crippen LogP contribution >= 0.6 is 0 Å². The summed E-state index contributed by atoms with van der Waals surface area (Å²) in [6, 6.07) is 20.2. The highest BCUT2D eigenvalue weighted by Crippen LogP contribution is 2.49. The molecule has 0 spiro atoms. The number of anilines is 1. The Morgan fingerprint density at radius 2 is 1.75 bits per heavy atom. The van der Waals surface area contributed by atoms with Crippen LogP contribution < -0.4 is 9.62 Å². The van der Waals surface area contributed by atoms with E-state index in [4.69, 9.17) is 0 Å². The van der Waals surface area contributed by atoms with Crippen molar-refractivity contribution < 1.29 is 17.6 Å². The molecule has 7 nitrogen and oxygen atoms in total. The monoisotopic (exact) mass is 556 g/mol. The van der Waals surface area contributed by atoms with Gasteiger partial charge in [-0.1, -0.05) is 36.4 Å². The first-order valence-corrected chi connectivity index (χ1v) is 14.8. The van der Waals surface area contributed by atoms with Crippen molar-refractivity contribution in [1.82, 2.24) is 14.7 Å². The van der Waals surface area contributed by atoms with Gasteiger partial charge in [-0.2, -0.15) is 0 Å².